The molecule has 1 aromatic heterocycles. The van der Waals surface area contributed by atoms with Crippen LogP contribution in [0.2, 0.25) is 0 Å². The highest BCUT2D eigenvalue weighted by Crippen LogP contribution is 2.26. The summed E-state index contributed by atoms with van der Waals surface area (Å²) < 4.78 is 15.7. The number of carbonyl (C=O) groups is 1. The van der Waals surface area contributed by atoms with Crippen LogP contribution in [-0.2, 0) is 16.9 Å². The molecular weight excluding hydrogens is 356 g/mol. The van der Waals surface area contributed by atoms with Crippen LogP contribution >= 0.6 is 0 Å². The number of nitrogens with zero attached hydrogens (tertiary/aromatic N) is 3. The normalized spacial score (nSPS) is 11.7. The third kappa shape index (κ3) is 5.66. The van der Waals surface area contributed by atoms with Crippen LogP contribution in [-0.4, -0.2) is 26.8 Å². The highest BCUT2D eigenvalue weighted by molar-refractivity contribution is 5.68. The number of aromatic nitrogens is 2. The van der Waals surface area contributed by atoms with Gasteiger partial charge in [-0.2, -0.15) is 4.98 Å². The topological polar surface area (TPSA) is 130 Å². The number of nitro benzene ring substituents is 1. The number of hydrogen-bond acceptors (Lipinski definition) is 8. The molecule has 0 unspecified atom stereocenters. The molecule has 146 valence electrons. The largest absolute Gasteiger partial charge is 0.477 e. The lowest BCUT2D eigenvalue weighted by Crippen LogP contribution is -2.44. The molecule has 0 radical (unpaired) electrons. The number of rotatable bonds is 6. The first-order chi connectivity index (χ1) is 12.5. The smallest absolute Gasteiger partial charge is 0.408 e. The van der Waals surface area contributed by atoms with Crippen molar-refractivity contribution in [3.63, 3.8) is 0 Å². The number of amides is 1. The Bertz CT molecular complexity index is 825. The Balaban J connectivity index is 2.04. The molecular formula is C17H22N4O6. The summed E-state index contributed by atoms with van der Waals surface area (Å²) in [4.78, 5) is 26.6. The van der Waals surface area contributed by atoms with Crippen molar-refractivity contribution < 1.29 is 23.7 Å². The van der Waals surface area contributed by atoms with E-state index in [1.54, 1.807) is 46.8 Å². The molecule has 10 heteroatoms. The zero-order valence-corrected chi connectivity index (χ0v) is 15.8. The van der Waals surface area contributed by atoms with Gasteiger partial charge in [0, 0.05) is 6.07 Å². The molecule has 10 nitrogen and oxygen atoms in total. The fourth-order valence-electron chi connectivity index (χ4n) is 2.05. The molecule has 0 fully saturated rings. The van der Waals surface area contributed by atoms with E-state index in [1.165, 1.54) is 12.1 Å². The number of nitrogens with one attached hydrogen (secondary N) is 1. The van der Waals surface area contributed by atoms with Gasteiger partial charge in [-0.3, -0.25) is 10.1 Å². The van der Waals surface area contributed by atoms with Crippen LogP contribution in [0.4, 0.5) is 10.5 Å². The molecule has 27 heavy (non-hydrogen) atoms. The number of para-hydroxylation sites is 2. The SMILES string of the molecule is CC(C)(C)OC(=O)NC(C)(C)c1noc(COc2ccccc2[N+](=O)[O-])n1. The average molecular weight is 378 g/mol. The van der Waals surface area contributed by atoms with E-state index in [-0.39, 0.29) is 29.8 Å². The van der Waals surface area contributed by atoms with Crippen molar-refractivity contribution in [1.29, 1.82) is 0 Å². The predicted octanol–water partition coefficient (Wildman–Crippen LogP) is 3.32. The second-order valence-corrected chi connectivity index (χ2v) is 7.28. The predicted molar refractivity (Wildman–Crippen MR) is 94.1 cm³/mol. The summed E-state index contributed by atoms with van der Waals surface area (Å²) in [7, 11) is 0. The Morgan fingerprint density at radius 3 is 2.56 bits per heavy atom. The summed E-state index contributed by atoms with van der Waals surface area (Å²) in [6, 6.07) is 5.97. The summed E-state index contributed by atoms with van der Waals surface area (Å²) in [6.45, 7) is 8.49. The van der Waals surface area contributed by atoms with Crippen molar-refractivity contribution in [2.24, 2.45) is 0 Å². The first-order valence-corrected chi connectivity index (χ1v) is 8.18. The lowest BCUT2D eigenvalue weighted by atomic mass is 10.1. The highest BCUT2D eigenvalue weighted by atomic mass is 16.6. The maximum absolute atomic E-state index is 12.0. The van der Waals surface area contributed by atoms with E-state index >= 15 is 0 Å². The number of ether oxygens (including phenoxy) is 2. The number of hydrogen-bond donors (Lipinski definition) is 1. The van der Waals surface area contributed by atoms with Gasteiger partial charge in [0.05, 0.1) is 4.92 Å². The Morgan fingerprint density at radius 2 is 1.93 bits per heavy atom. The Kier molecular flexibility index (Phi) is 5.67. The van der Waals surface area contributed by atoms with Gasteiger partial charge >= 0.3 is 11.8 Å². The van der Waals surface area contributed by atoms with Gasteiger partial charge in [0.25, 0.3) is 5.89 Å². The fraction of sp³-hybridized carbons (Fsp3) is 0.471. The van der Waals surface area contributed by atoms with E-state index < -0.39 is 22.2 Å². The number of benzene rings is 1. The van der Waals surface area contributed by atoms with E-state index in [0.29, 0.717) is 0 Å². The van der Waals surface area contributed by atoms with Crippen molar-refractivity contribution in [2.75, 3.05) is 0 Å². The van der Waals surface area contributed by atoms with Crippen molar-refractivity contribution in [3.05, 3.63) is 46.1 Å². The van der Waals surface area contributed by atoms with Gasteiger partial charge in [0.15, 0.2) is 18.2 Å². The van der Waals surface area contributed by atoms with Gasteiger partial charge in [-0.1, -0.05) is 17.3 Å². The lowest BCUT2D eigenvalue weighted by Gasteiger charge is -2.26. The molecule has 0 aliphatic heterocycles. The molecule has 0 spiro atoms. The molecule has 0 bridgehead atoms. The van der Waals surface area contributed by atoms with Gasteiger partial charge < -0.3 is 19.3 Å². The summed E-state index contributed by atoms with van der Waals surface area (Å²) in [6.07, 6.45) is -0.616. The Hall–Kier alpha value is -3.17. The van der Waals surface area contributed by atoms with Crippen LogP contribution in [0.25, 0.3) is 0 Å². The van der Waals surface area contributed by atoms with Gasteiger partial charge in [-0.05, 0) is 40.7 Å². The molecule has 2 aromatic rings. The highest BCUT2D eigenvalue weighted by Gasteiger charge is 2.31. The standard InChI is InChI=1S/C17H22N4O6/c1-16(2,3)26-15(22)19-17(4,5)14-18-13(27-20-14)10-25-12-9-7-6-8-11(12)21(23)24/h6-9H,10H2,1-5H3,(H,19,22). The van der Waals surface area contributed by atoms with Crippen LogP contribution in [0.3, 0.4) is 0 Å². The first kappa shape index (κ1) is 20.1. The van der Waals surface area contributed by atoms with E-state index in [0.717, 1.165) is 0 Å². The second-order valence-electron chi connectivity index (χ2n) is 7.28. The summed E-state index contributed by atoms with van der Waals surface area (Å²) in [5.74, 6) is 0.421. The minimum absolute atomic E-state index is 0.0911. The van der Waals surface area contributed by atoms with Crippen molar-refractivity contribution in [1.82, 2.24) is 15.5 Å². The van der Waals surface area contributed by atoms with Gasteiger partial charge in [0.2, 0.25) is 0 Å². The molecule has 0 atom stereocenters. The molecule has 1 N–H and O–H groups in total. The molecule has 0 saturated carbocycles. The summed E-state index contributed by atoms with van der Waals surface area (Å²) in [5.41, 5.74) is -1.76. The number of alkyl carbamates (subject to hydrolysis) is 1. The summed E-state index contributed by atoms with van der Waals surface area (Å²) in [5, 5.41) is 17.5. The van der Waals surface area contributed by atoms with E-state index in [9.17, 15) is 14.9 Å². The van der Waals surface area contributed by atoms with Crippen LogP contribution in [0.1, 0.15) is 46.3 Å². The molecule has 1 aromatic carbocycles. The van der Waals surface area contributed by atoms with Crippen molar-refractivity contribution in [3.8, 4) is 5.75 Å². The Morgan fingerprint density at radius 1 is 1.26 bits per heavy atom. The second kappa shape index (κ2) is 7.60. The number of carbonyl (C=O) groups excluding carboxylic acids is 1. The van der Waals surface area contributed by atoms with Crippen LogP contribution < -0.4 is 10.1 Å². The lowest BCUT2D eigenvalue weighted by molar-refractivity contribution is -0.386. The quantitative estimate of drug-likeness (QED) is 0.598. The Labute approximate surface area is 156 Å². The fourth-order valence-corrected chi connectivity index (χ4v) is 2.05. The molecule has 0 saturated heterocycles. The van der Waals surface area contributed by atoms with Gasteiger partial charge in [0.1, 0.15) is 11.1 Å². The average Bonchev–Trinajstić information content (AvgIpc) is 3.00. The minimum Gasteiger partial charge on any atom is -0.477 e. The molecule has 0 aliphatic rings. The van der Waals surface area contributed by atoms with E-state index in [4.69, 9.17) is 14.0 Å². The molecule has 1 amide bonds. The minimum atomic E-state index is -0.956. The monoisotopic (exact) mass is 378 g/mol. The third-order valence-electron chi connectivity index (χ3n) is 3.25. The zero-order valence-electron chi connectivity index (χ0n) is 15.8. The van der Waals surface area contributed by atoms with Crippen LogP contribution in [0.15, 0.2) is 28.8 Å². The maximum atomic E-state index is 12.0. The molecule has 1 heterocycles. The van der Waals surface area contributed by atoms with Crippen LogP contribution in [0, 0.1) is 10.1 Å². The van der Waals surface area contributed by atoms with Crippen LogP contribution in [0.5, 0.6) is 5.75 Å². The van der Waals surface area contributed by atoms with Gasteiger partial charge in [-0.25, -0.2) is 4.79 Å². The van der Waals surface area contributed by atoms with Gasteiger partial charge in [-0.15, -0.1) is 0 Å². The molecule has 0 aliphatic carbocycles. The zero-order chi connectivity index (χ0) is 20.2. The van der Waals surface area contributed by atoms with E-state index in [2.05, 4.69) is 15.5 Å². The third-order valence-corrected chi connectivity index (χ3v) is 3.25. The first-order valence-electron chi connectivity index (χ1n) is 8.18. The van der Waals surface area contributed by atoms with Crippen molar-refractivity contribution in [2.45, 2.75) is 52.4 Å². The molecule has 2 rings (SSSR count). The number of nitro groups is 1. The summed E-state index contributed by atoms with van der Waals surface area (Å²) >= 11 is 0. The maximum Gasteiger partial charge on any atom is 0.408 e. The van der Waals surface area contributed by atoms with Crippen molar-refractivity contribution >= 4 is 11.8 Å². The van der Waals surface area contributed by atoms with E-state index in [1.807, 2.05) is 0 Å².